The second-order valence-electron chi connectivity index (χ2n) is 5.02. The van der Waals surface area contributed by atoms with Crippen molar-refractivity contribution < 1.29 is 19.0 Å². The van der Waals surface area contributed by atoms with Crippen LogP contribution < -0.4 is 9.47 Å². The predicted molar refractivity (Wildman–Crippen MR) is 85.1 cm³/mol. The predicted octanol–water partition coefficient (Wildman–Crippen LogP) is 3.00. The first-order valence-corrected chi connectivity index (χ1v) is 7.46. The highest BCUT2D eigenvalue weighted by Gasteiger charge is 2.09. The van der Waals surface area contributed by atoms with E-state index in [4.69, 9.17) is 14.2 Å². The molecule has 0 atom stereocenters. The van der Waals surface area contributed by atoms with Crippen molar-refractivity contribution in [3.05, 3.63) is 59.9 Å². The van der Waals surface area contributed by atoms with E-state index < -0.39 is 5.97 Å². The van der Waals surface area contributed by atoms with Crippen LogP contribution in [-0.4, -0.2) is 24.2 Å². The summed E-state index contributed by atoms with van der Waals surface area (Å²) < 4.78 is 16.3. The Morgan fingerprint density at radius 3 is 2.87 bits per heavy atom. The van der Waals surface area contributed by atoms with Gasteiger partial charge in [0, 0.05) is 18.7 Å². The van der Waals surface area contributed by atoms with Crippen LogP contribution in [0.3, 0.4) is 0 Å². The summed E-state index contributed by atoms with van der Waals surface area (Å²) in [5.41, 5.74) is 1.56. The summed E-state index contributed by atoms with van der Waals surface area (Å²) in [5.74, 6) is 1.02. The van der Waals surface area contributed by atoms with Gasteiger partial charge >= 0.3 is 5.97 Å². The minimum Gasteiger partial charge on any atom is -0.490 e. The molecule has 0 radical (unpaired) electrons. The lowest BCUT2D eigenvalue weighted by atomic mass is 10.2. The lowest BCUT2D eigenvalue weighted by molar-refractivity contribution is -0.139. The van der Waals surface area contributed by atoms with E-state index >= 15 is 0 Å². The summed E-state index contributed by atoms with van der Waals surface area (Å²) in [5, 5.41) is 0. The van der Waals surface area contributed by atoms with E-state index in [1.165, 1.54) is 6.08 Å². The van der Waals surface area contributed by atoms with Gasteiger partial charge in [-0.1, -0.05) is 12.1 Å². The van der Waals surface area contributed by atoms with Crippen LogP contribution in [0.4, 0.5) is 0 Å². The van der Waals surface area contributed by atoms with Crippen molar-refractivity contribution in [3.8, 4) is 11.5 Å². The molecule has 0 fully saturated rings. The number of benzene rings is 1. The van der Waals surface area contributed by atoms with Gasteiger partial charge in [0.15, 0.2) is 11.5 Å². The molecule has 0 saturated heterocycles. The maximum atomic E-state index is 11.7. The quantitative estimate of drug-likeness (QED) is 0.642. The van der Waals surface area contributed by atoms with Crippen molar-refractivity contribution >= 4 is 12.0 Å². The molecule has 5 heteroatoms. The molecule has 1 aliphatic rings. The first-order chi connectivity index (χ1) is 11.3. The molecule has 1 aromatic carbocycles. The molecule has 0 bridgehead atoms. The smallest absolute Gasteiger partial charge is 0.331 e. The minimum absolute atomic E-state index is 0.158. The van der Waals surface area contributed by atoms with Gasteiger partial charge in [-0.25, -0.2) is 4.79 Å². The van der Waals surface area contributed by atoms with Crippen LogP contribution in [-0.2, 0) is 16.1 Å². The molecular weight excluding hydrogens is 294 g/mol. The van der Waals surface area contributed by atoms with Gasteiger partial charge < -0.3 is 14.2 Å². The molecule has 2 heterocycles. The standard InChI is InChI=1S/C18H17NO4/c20-18(23-13-15-4-1-2-9-19-15)8-6-14-5-7-16-17(12-14)22-11-3-10-21-16/h1-2,4-9,12H,3,10-11,13H2. The molecular formula is C18H17NO4. The van der Waals surface area contributed by atoms with Gasteiger partial charge in [-0.05, 0) is 35.9 Å². The Balaban J connectivity index is 1.59. The Morgan fingerprint density at radius 1 is 1.17 bits per heavy atom. The summed E-state index contributed by atoms with van der Waals surface area (Å²) in [6.07, 6.45) is 5.61. The number of fused-ring (bicyclic) bond motifs is 1. The van der Waals surface area contributed by atoms with Gasteiger partial charge in [-0.2, -0.15) is 0 Å². The van der Waals surface area contributed by atoms with Crippen molar-refractivity contribution in [2.24, 2.45) is 0 Å². The van der Waals surface area contributed by atoms with Gasteiger partial charge in [0.05, 0.1) is 18.9 Å². The van der Waals surface area contributed by atoms with Crippen LogP contribution in [0.1, 0.15) is 17.7 Å². The number of pyridine rings is 1. The molecule has 0 N–H and O–H groups in total. The molecule has 0 saturated carbocycles. The summed E-state index contributed by atoms with van der Waals surface area (Å²) >= 11 is 0. The maximum absolute atomic E-state index is 11.7. The van der Waals surface area contributed by atoms with E-state index in [9.17, 15) is 4.79 Å². The summed E-state index contributed by atoms with van der Waals surface area (Å²) in [7, 11) is 0. The van der Waals surface area contributed by atoms with E-state index in [1.807, 2.05) is 30.3 Å². The SMILES string of the molecule is O=C(C=Cc1ccc2c(c1)OCCCO2)OCc1ccccn1. The van der Waals surface area contributed by atoms with Crippen molar-refractivity contribution in [1.82, 2.24) is 4.98 Å². The third kappa shape index (κ3) is 4.32. The van der Waals surface area contributed by atoms with Crippen molar-refractivity contribution in [2.45, 2.75) is 13.0 Å². The van der Waals surface area contributed by atoms with E-state index in [1.54, 1.807) is 18.3 Å². The number of rotatable bonds is 4. The monoisotopic (exact) mass is 311 g/mol. The number of aromatic nitrogens is 1. The second kappa shape index (κ2) is 7.45. The van der Waals surface area contributed by atoms with Crippen molar-refractivity contribution in [1.29, 1.82) is 0 Å². The summed E-state index contributed by atoms with van der Waals surface area (Å²) in [6, 6.07) is 11.0. The molecule has 0 spiro atoms. The molecule has 5 nitrogen and oxygen atoms in total. The van der Waals surface area contributed by atoms with Crippen molar-refractivity contribution in [3.63, 3.8) is 0 Å². The topological polar surface area (TPSA) is 57.7 Å². The molecule has 3 rings (SSSR count). The van der Waals surface area contributed by atoms with E-state index in [2.05, 4.69) is 4.98 Å². The molecule has 0 unspecified atom stereocenters. The molecule has 23 heavy (non-hydrogen) atoms. The highest BCUT2D eigenvalue weighted by atomic mass is 16.5. The second-order valence-corrected chi connectivity index (χ2v) is 5.02. The average molecular weight is 311 g/mol. The minimum atomic E-state index is -0.414. The van der Waals surface area contributed by atoms with Gasteiger partial charge in [0.2, 0.25) is 0 Å². The number of carbonyl (C=O) groups is 1. The fourth-order valence-electron chi connectivity index (χ4n) is 2.12. The molecule has 0 aliphatic carbocycles. The number of hydrogen-bond acceptors (Lipinski definition) is 5. The number of ether oxygens (including phenoxy) is 3. The van der Waals surface area contributed by atoms with E-state index in [0.29, 0.717) is 24.7 Å². The number of esters is 1. The zero-order valence-corrected chi connectivity index (χ0v) is 12.6. The van der Waals surface area contributed by atoms with Crippen LogP contribution in [0, 0.1) is 0 Å². The Morgan fingerprint density at radius 2 is 2.04 bits per heavy atom. The van der Waals surface area contributed by atoms with Gasteiger partial charge in [-0.15, -0.1) is 0 Å². The number of carbonyl (C=O) groups excluding carboxylic acids is 1. The molecule has 1 aliphatic heterocycles. The van der Waals surface area contributed by atoms with Crippen molar-refractivity contribution in [2.75, 3.05) is 13.2 Å². The van der Waals surface area contributed by atoms with Crippen LogP contribution in [0.25, 0.3) is 6.08 Å². The zero-order chi connectivity index (χ0) is 15.9. The third-order valence-corrected chi connectivity index (χ3v) is 3.27. The Kier molecular flexibility index (Phi) is 4.88. The van der Waals surface area contributed by atoms with Gasteiger partial charge in [-0.3, -0.25) is 4.98 Å². The van der Waals surface area contributed by atoms with Gasteiger partial charge in [0.25, 0.3) is 0 Å². The van der Waals surface area contributed by atoms with Crippen LogP contribution >= 0.6 is 0 Å². The Hall–Kier alpha value is -2.82. The lowest BCUT2D eigenvalue weighted by Crippen LogP contribution is -2.01. The molecule has 2 aromatic rings. The average Bonchev–Trinajstić information content (AvgIpc) is 2.84. The fourth-order valence-corrected chi connectivity index (χ4v) is 2.12. The summed E-state index contributed by atoms with van der Waals surface area (Å²) in [4.78, 5) is 15.8. The van der Waals surface area contributed by atoms with Crippen LogP contribution in [0.5, 0.6) is 11.5 Å². The normalized spacial score (nSPS) is 13.6. The van der Waals surface area contributed by atoms with E-state index in [0.717, 1.165) is 17.7 Å². The highest BCUT2D eigenvalue weighted by molar-refractivity contribution is 5.87. The number of nitrogens with zero attached hydrogens (tertiary/aromatic N) is 1. The largest absolute Gasteiger partial charge is 0.490 e. The maximum Gasteiger partial charge on any atom is 0.331 e. The summed E-state index contributed by atoms with van der Waals surface area (Å²) in [6.45, 7) is 1.44. The Bertz CT molecular complexity index is 697. The van der Waals surface area contributed by atoms with Crippen LogP contribution in [0.15, 0.2) is 48.7 Å². The zero-order valence-electron chi connectivity index (χ0n) is 12.6. The highest BCUT2D eigenvalue weighted by Crippen LogP contribution is 2.30. The lowest BCUT2D eigenvalue weighted by Gasteiger charge is -2.07. The first kappa shape index (κ1) is 15.1. The Labute approximate surface area is 134 Å². The number of hydrogen-bond donors (Lipinski definition) is 0. The van der Waals surface area contributed by atoms with Gasteiger partial charge in [0.1, 0.15) is 6.61 Å². The third-order valence-electron chi connectivity index (χ3n) is 3.27. The van der Waals surface area contributed by atoms with E-state index in [-0.39, 0.29) is 6.61 Å². The molecule has 0 amide bonds. The first-order valence-electron chi connectivity index (χ1n) is 7.46. The fraction of sp³-hybridized carbons (Fsp3) is 0.222. The molecule has 1 aromatic heterocycles. The molecule has 118 valence electrons. The van der Waals surface area contributed by atoms with Crippen LogP contribution in [0.2, 0.25) is 0 Å².